The van der Waals surface area contributed by atoms with Gasteiger partial charge in [0.2, 0.25) is 0 Å². The minimum absolute atomic E-state index is 0.333. The molecule has 6 nitrogen and oxygen atoms in total. The lowest BCUT2D eigenvalue weighted by Crippen LogP contribution is -2.13. The normalized spacial score (nSPS) is 11.0. The number of ether oxygens (including phenoxy) is 4. The number of rotatable bonds is 13. The van der Waals surface area contributed by atoms with E-state index in [0.29, 0.717) is 64.0 Å². The molecule has 0 aromatic heterocycles. The standard InChI is InChI=1S/C15H22IO6P/c1-2-20-15(17)13-5-3-4-6-14(13)21-11-9-18-7-8-19-10-12-22-23-16/h3-6,23H,2,7-12H2,1H3. The van der Waals surface area contributed by atoms with Gasteiger partial charge in [0, 0.05) is 0 Å². The predicted octanol–water partition coefficient (Wildman–Crippen LogP) is 3.24. The minimum atomic E-state index is -0.383. The number of halogens is 1. The monoisotopic (exact) mass is 456 g/mol. The van der Waals surface area contributed by atoms with Crippen LogP contribution < -0.4 is 4.74 Å². The minimum Gasteiger partial charge on any atom is -0.490 e. The fourth-order valence-electron chi connectivity index (χ4n) is 1.64. The van der Waals surface area contributed by atoms with Crippen LogP contribution in [-0.2, 0) is 18.7 Å². The van der Waals surface area contributed by atoms with Crippen LogP contribution in [0, 0.1) is 0 Å². The quantitative estimate of drug-likeness (QED) is 0.197. The third-order valence-corrected chi connectivity index (χ3v) is 3.87. The van der Waals surface area contributed by atoms with Gasteiger partial charge in [0.15, 0.2) is 0 Å². The van der Waals surface area contributed by atoms with Gasteiger partial charge in [0.05, 0.1) is 46.1 Å². The van der Waals surface area contributed by atoms with Crippen LogP contribution in [0.2, 0.25) is 0 Å². The fraction of sp³-hybridized carbons (Fsp3) is 0.533. The summed E-state index contributed by atoms with van der Waals surface area (Å²) >= 11 is 2.17. The highest BCUT2D eigenvalue weighted by Gasteiger charge is 2.12. The maximum absolute atomic E-state index is 11.8. The van der Waals surface area contributed by atoms with Crippen molar-refractivity contribution in [3.05, 3.63) is 29.8 Å². The number of benzene rings is 1. The molecule has 1 aromatic carbocycles. The Hall–Kier alpha value is -0.470. The van der Waals surface area contributed by atoms with Gasteiger partial charge in [-0.25, -0.2) is 4.79 Å². The van der Waals surface area contributed by atoms with E-state index < -0.39 is 0 Å². The van der Waals surface area contributed by atoms with Crippen molar-refractivity contribution in [1.82, 2.24) is 0 Å². The summed E-state index contributed by atoms with van der Waals surface area (Å²) in [5, 5.41) is 0. The van der Waals surface area contributed by atoms with Crippen LogP contribution in [-0.4, -0.2) is 52.2 Å². The summed E-state index contributed by atoms with van der Waals surface area (Å²) in [6, 6.07) is 7.00. The van der Waals surface area contributed by atoms with Gasteiger partial charge in [-0.05, 0) is 41.1 Å². The molecule has 1 atom stereocenters. The van der Waals surface area contributed by atoms with E-state index in [1.807, 2.05) is 6.07 Å². The summed E-state index contributed by atoms with van der Waals surface area (Å²) < 4.78 is 26.5. The molecular formula is C15H22IO6P. The Balaban J connectivity index is 2.15. The molecule has 0 N–H and O–H groups in total. The summed E-state index contributed by atoms with van der Waals surface area (Å²) in [7, 11) is 0. The lowest BCUT2D eigenvalue weighted by atomic mass is 10.2. The van der Waals surface area contributed by atoms with Gasteiger partial charge in [-0.15, -0.1) is 0 Å². The number of hydrogen-bond donors (Lipinski definition) is 0. The third-order valence-electron chi connectivity index (χ3n) is 2.62. The topological polar surface area (TPSA) is 63.2 Å². The average Bonchev–Trinajstić information content (AvgIpc) is 2.57. The predicted molar refractivity (Wildman–Crippen MR) is 97.8 cm³/mol. The second-order valence-electron chi connectivity index (χ2n) is 4.22. The first kappa shape index (κ1) is 20.6. The van der Waals surface area contributed by atoms with Crippen LogP contribution in [0.4, 0.5) is 0 Å². The summed E-state index contributed by atoms with van der Waals surface area (Å²) in [4.78, 5) is 11.8. The number of carbonyl (C=O) groups excluding carboxylic acids is 1. The molecule has 1 aromatic rings. The molecule has 23 heavy (non-hydrogen) atoms. The van der Waals surface area contributed by atoms with Crippen LogP contribution in [0.1, 0.15) is 17.3 Å². The van der Waals surface area contributed by atoms with Crippen LogP contribution in [0.25, 0.3) is 0 Å². The molecule has 0 spiro atoms. The summed E-state index contributed by atoms with van der Waals surface area (Å²) in [6.45, 7) is 5.54. The Labute approximate surface area is 151 Å². The zero-order valence-electron chi connectivity index (χ0n) is 13.1. The van der Waals surface area contributed by atoms with Crippen LogP contribution in [0.3, 0.4) is 0 Å². The Bertz CT molecular complexity index is 446. The first-order chi connectivity index (χ1) is 11.3. The molecule has 0 aliphatic heterocycles. The van der Waals surface area contributed by atoms with Gasteiger partial charge >= 0.3 is 5.97 Å². The SMILES string of the molecule is CCOC(=O)c1ccccc1OCCOCCOCCOPI. The van der Waals surface area contributed by atoms with Crippen molar-refractivity contribution in [3.8, 4) is 5.75 Å². The maximum atomic E-state index is 11.8. The van der Waals surface area contributed by atoms with E-state index in [4.69, 9.17) is 23.5 Å². The zero-order chi connectivity index (χ0) is 16.8. The third kappa shape index (κ3) is 9.42. The fourth-order valence-corrected chi connectivity index (χ4v) is 2.46. The van der Waals surface area contributed by atoms with E-state index in [0.717, 1.165) is 0 Å². The molecule has 130 valence electrons. The first-order valence-corrected chi connectivity index (χ1v) is 11.3. The molecule has 0 amide bonds. The highest BCUT2D eigenvalue weighted by atomic mass is 127. The van der Waals surface area contributed by atoms with Gasteiger partial charge < -0.3 is 23.5 Å². The molecule has 0 heterocycles. The number of para-hydroxylation sites is 1. The maximum Gasteiger partial charge on any atom is 0.341 e. The molecule has 0 saturated carbocycles. The molecule has 0 radical (unpaired) electrons. The van der Waals surface area contributed by atoms with E-state index in [1.165, 1.54) is 0 Å². The second kappa shape index (κ2) is 13.9. The average molecular weight is 456 g/mol. The second-order valence-corrected chi connectivity index (χ2v) is 5.98. The Kier molecular flexibility index (Phi) is 12.5. The molecule has 1 rings (SSSR count). The Morgan fingerprint density at radius 1 is 1.04 bits per heavy atom. The van der Waals surface area contributed by atoms with Gasteiger partial charge in [0.25, 0.3) is 0 Å². The van der Waals surface area contributed by atoms with Crippen LogP contribution in [0.5, 0.6) is 5.75 Å². The van der Waals surface area contributed by atoms with E-state index >= 15 is 0 Å². The summed E-state index contributed by atoms with van der Waals surface area (Å²) in [6.07, 6.45) is 0. The van der Waals surface area contributed by atoms with Crippen molar-refractivity contribution in [1.29, 1.82) is 0 Å². The lowest BCUT2D eigenvalue weighted by molar-refractivity contribution is 0.0286. The van der Waals surface area contributed by atoms with Crippen molar-refractivity contribution >= 4 is 34.5 Å². The van der Waals surface area contributed by atoms with E-state index in [9.17, 15) is 4.79 Å². The van der Waals surface area contributed by atoms with Gasteiger partial charge in [-0.3, -0.25) is 0 Å². The van der Waals surface area contributed by atoms with Crippen LogP contribution >= 0.6 is 28.5 Å². The van der Waals surface area contributed by atoms with Crippen molar-refractivity contribution < 1.29 is 28.3 Å². The molecule has 0 fully saturated rings. The van der Waals surface area contributed by atoms with Gasteiger partial charge in [0.1, 0.15) is 17.9 Å². The molecule has 1 unspecified atom stereocenters. The Morgan fingerprint density at radius 2 is 1.70 bits per heavy atom. The van der Waals surface area contributed by atoms with Gasteiger partial charge in [-0.2, -0.15) is 0 Å². The van der Waals surface area contributed by atoms with Crippen molar-refractivity contribution in [2.75, 3.05) is 46.2 Å². The zero-order valence-corrected chi connectivity index (χ0v) is 16.2. The number of esters is 1. The number of carbonyl (C=O) groups is 1. The smallest absolute Gasteiger partial charge is 0.341 e. The highest BCUT2D eigenvalue weighted by Crippen LogP contribution is 2.20. The number of hydrogen-bond acceptors (Lipinski definition) is 6. The first-order valence-electron chi connectivity index (χ1n) is 7.31. The van der Waals surface area contributed by atoms with Crippen molar-refractivity contribution in [2.24, 2.45) is 0 Å². The largest absolute Gasteiger partial charge is 0.490 e. The summed E-state index contributed by atoms with van der Waals surface area (Å²) in [5.74, 6) is 0.120. The van der Waals surface area contributed by atoms with Crippen molar-refractivity contribution in [2.45, 2.75) is 6.92 Å². The molecule has 8 heteroatoms. The Morgan fingerprint density at radius 3 is 2.39 bits per heavy atom. The molecule has 0 aliphatic rings. The molecule has 0 bridgehead atoms. The molecule has 0 saturated heterocycles. The van der Waals surface area contributed by atoms with E-state index in [1.54, 1.807) is 25.1 Å². The van der Waals surface area contributed by atoms with Crippen molar-refractivity contribution in [3.63, 3.8) is 0 Å². The molecule has 0 aliphatic carbocycles. The van der Waals surface area contributed by atoms with E-state index in [-0.39, 0.29) is 5.97 Å². The lowest BCUT2D eigenvalue weighted by Gasteiger charge is -2.11. The molecular weight excluding hydrogens is 434 g/mol. The highest BCUT2D eigenvalue weighted by molar-refractivity contribution is 14.2. The summed E-state index contributed by atoms with van der Waals surface area (Å²) in [5.41, 5.74) is 0.425. The van der Waals surface area contributed by atoms with E-state index in [2.05, 4.69) is 22.0 Å². The van der Waals surface area contributed by atoms with Crippen LogP contribution in [0.15, 0.2) is 24.3 Å². The van der Waals surface area contributed by atoms with Gasteiger partial charge in [-0.1, -0.05) is 12.1 Å².